The van der Waals surface area contributed by atoms with E-state index in [4.69, 9.17) is 0 Å². The minimum atomic E-state index is -3.94. The second-order valence-corrected chi connectivity index (χ2v) is 8.13. The maximum absolute atomic E-state index is 13.4. The van der Waals surface area contributed by atoms with Crippen LogP contribution in [0.3, 0.4) is 0 Å². The molecule has 5 nitrogen and oxygen atoms in total. The molecule has 4 rings (SSSR count). The first-order valence-corrected chi connectivity index (χ1v) is 9.74. The summed E-state index contributed by atoms with van der Waals surface area (Å²) in [6, 6.07) is 12.1. The van der Waals surface area contributed by atoms with Crippen LogP contribution in [0, 0.1) is 11.6 Å². The molecule has 1 aromatic heterocycles. The Hall–Kier alpha value is -2.71. The zero-order valence-electron chi connectivity index (χ0n) is 14.1. The minimum absolute atomic E-state index is 0.0890. The molecule has 2 aromatic carbocycles. The number of sulfonamides is 1. The van der Waals surface area contributed by atoms with Gasteiger partial charge in [0.15, 0.2) is 17.5 Å². The number of benzene rings is 2. The van der Waals surface area contributed by atoms with Gasteiger partial charge in [-0.3, -0.25) is 0 Å². The van der Waals surface area contributed by atoms with E-state index in [1.165, 1.54) is 4.31 Å². The molecule has 0 amide bonds. The molecule has 2 heterocycles. The highest BCUT2D eigenvalue weighted by molar-refractivity contribution is 7.89. The molecule has 0 saturated carbocycles. The molecule has 0 saturated heterocycles. The highest BCUT2D eigenvalue weighted by Crippen LogP contribution is 2.26. The molecule has 0 aliphatic carbocycles. The fraction of sp³-hybridized carbons (Fsp3) is 0.158. The topological polar surface area (TPSA) is 63.2 Å². The fourth-order valence-electron chi connectivity index (χ4n) is 3.01. The van der Waals surface area contributed by atoms with Crippen molar-refractivity contribution in [3.05, 3.63) is 77.6 Å². The van der Waals surface area contributed by atoms with Gasteiger partial charge in [-0.05, 0) is 18.2 Å². The average Bonchev–Trinajstić information content (AvgIpc) is 2.69. The van der Waals surface area contributed by atoms with Crippen molar-refractivity contribution in [2.24, 2.45) is 0 Å². The average molecular weight is 387 g/mol. The highest BCUT2D eigenvalue weighted by atomic mass is 32.2. The Morgan fingerprint density at radius 2 is 1.78 bits per heavy atom. The lowest BCUT2D eigenvalue weighted by molar-refractivity contribution is 0.386. The van der Waals surface area contributed by atoms with Crippen LogP contribution in [-0.2, 0) is 23.0 Å². The number of aromatic nitrogens is 2. The molecule has 0 unspecified atom stereocenters. The first-order chi connectivity index (χ1) is 12.9. The zero-order chi connectivity index (χ0) is 19.0. The van der Waals surface area contributed by atoms with Crippen molar-refractivity contribution >= 4 is 10.0 Å². The SMILES string of the molecule is O=S(=O)(c1ccc(F)c(F)c1)N1CCc2nc(-c3ccccc3)ncc2C1. The predicted molar refractivity (Wildman–Crippen MR) is 95.1 cm³/mol. The fourth-order valence-corrected chi connectivity index (χ4v) is 4.44. The van der Waals surface area contributed by atoms with Crippen molar-refractivity contribution < 1.29 is 17.2 Å². The van der Waals surface area contributed by atoms with Crippen LogP contribution in [0.4, 0.5) is 8.78 Å². The third-order valence-corrected chi connectivity index (χ3v) is 6.30. The van der Waals surface area contributed by atoms with Gasteiger partial charge < -0.3 is 0 Å². The number of rotatable bonds is 3. The van der Waals surface area contributed by atoms with E-state index in [0.717, 1.165) is 23.4 Å². The second-order valence-electron chi connectivity index (χ2n) is 6.20. The molecule has 138 valence electrons. The van der Waals surface area contributed by atoms with Crippen molar-refractivity contribution in [1.29, 1.82) is 0 Å². The Bertz CT molecular complexity index is 1110. The van der Waals surface area contributed by atoms with Gasteiger partial charge in [0.2, 0.25) is 10.0 Å². The Labute approximate surface area is 155 Å². The van der Waals surface area contributed by atoms with Crippen molar-refractivity contribution in [2.75, 3.05) is 6.54 Å². The Morgan fingerprint density at radius 3 is 2.52 bits per heavy atom. The van der Waals surface area contributed by atoms with Crippen molar-refractivity contribution in [1.82, 2.24) is 14.3 Å². The van der Waals surface area contributed by atoms with Crippen LogP contribution < -0.4 is 0 Å². The molecule has 0 bridgehead atoms. The maximum Gasteiger partial charge on any atom is 0.243 e. The standard InChI is InChI=1S/C19H15F2N3O2S/c20-16-7-6-15(10-17(16)21)27(25,26)24-9-8-18-14(12-24)11-22-19(23-18)13-4-2-1-3-5-13/h1-7,10-11H,8-9,12H2. The first kappa shape index (κ1) is 17.7. The van der Waals surface area contributed by atoms with Crippen molar-refractivity contribution in [2.45, 2.75) is 17.9 Å². The third kappa shape index (κ3) is 3.33. The normalized spacial score (nSPS) is 14.7. The molecule has 0 atom stereocenters. The summed E-state index contributed by atoms with van der Waals surface area (Å²) in [6.07, 6.45) is 2.04. The molecule has 27 heavy (non-hydrogen) atoms. The molecule has 0 N–H and O–H groups in total. The summed E-state index contributed by atoms with van der Waals surface area (Å²) in [7, 11) is -3.94. The molecule has 1 aliphatic heterocycles. The van der Waals surface area contributed by atoms with Crippen molar-refractivity contribution in [3.8, 4) is 11.4 Å². The third-order valence-electron chi connectivity index (χ3n) is 4.46. The molecule has 0 radical (unpaired) electrons. The van der Waals surface area contributed by atoms with Crippen LogP contribution >= 0.6 is 0 Å². The first-order valence-electron chi connectivity index (χ1n) is 8.30. The number of hydrogen-bond donors (Lipinski definition) is 0. The van der Waals surface area contributed by atoms with E-state index in [9.17, 15) is 17.2 Å². The summed E-state index contributed by atoms with van der Waals surface area (Å²) in [4.78, 5) is 8.62. The second kappa shape index (κ2) is 6.79. The lowest BCUT2D eigenvalue weighted by atomic mass is 10.1. The summed E-state index contributed by atoms with van der Waals surface area (Å²) in [5.74, 6) is -1.68. The van der Waals surface area contributed by atoms with Gasteiger partial charge in [-0.15, -0.1) is 0 Å². The van der Waals surface area contributed by atoms with Gasteiger partial charge >= 0.3 is 0 Å². The monoisotopic (exact) mass is 387 g/mol. The summed E-state index contributed by atoms with van der Waals surface area (Å²) in [5.41, 5.74) is 2.38. The molecule has 8 heteroatoms. The van der Waals surface area contributed by atoms with E-state index >= 15 is 0 Å². The Balaban J connectivity index is 1.62. The van der Waals surface area contributed by atoms with Gasteiger partial charge in [-0.2, -0.15) is 4.31 Å². The van der Waals surface area contributed by atoms with E-state index in [0.29, 0.717) is 23.9 Å². The maximum atomic E-state index is 13.4. The Kier molecular flexibility index (Phi) is 4.45. The molecule has 1 aliphatic rings. The van der Waals surface area contributed by atoms with E-state index in [1.807, 2.05) is 30.3 Å². The van der Waals surface area contributed by atoms with Gasteiger partial charge in [0.25, 0.3) is 0 Å². The Morgan fingerprint density at radius 1 is 1.00 bits per heavy atom. The van der Waals surface area contributed by atoms with Crippen LogP contribution in [0.1, 0.15) is 11.3 Å². The van der Waals surface area contributed by atoms with Crippen LogP contribution in [0.25, 0.3) is 11.4 Å². The van der Waals surface area contributed by atoms with Crippen LogP contribution in [-0.4, -0.2) is 29.2 Å². The minimum Gasteiger partial charge on any atom is -0.236 e. The smallest absolute Gasteiger partial charge is 0.236 e. The molecular formula is C19H15F2N3O2S. The van der Waals surface area contributed by atoms with Crippen LogP contribution in [0.15, 0.2) is 59.6 Å². The van der Waals surface area contributed by atoms with E-state index in [2.05, 4.69) is 9.97 Å². The van der Waals surface area contributed by atoms with E-state index in [1.54, 1.807) is 6.20 Å². The van der Waals surface area contributed by atoms with Gasteiger partial charge in [-0.1, -0.05) is 30.3 Å². The highest BCUT2D eigenvalue weighted by Gasteiger charge is 2.30. The van der Waals surface area contributed by atoms with Crippen LogP contribution in [0.5, 0.6) is 0 Å². The number of hydrogen-bond acceptors (Lipinski definition) is 4. The van der Waals surface area contributed by atoms with Crippen LogP contribution in [0.2, 0.25) is 0 Å². The van der Waals surface area contributed by atoms with Gasteiger partial charge in [0, 0.05) is 36.8 Å². The number of fused-ring (bicyclic) bond motifs is 1. The summed E-state index contributed by atoms with van der Waals surface area (Å²) in [5, 5.41) is 0. The van der Waals surface area contributed by atoms with Gasteiger partial charge in [-0.25, -0.2) is 27.2 Å². The lowest BCUT2D eigenvalue weighted by Crippen LogP contribution is -2.36. The lowest BCUT2D eigenvalue weighted by Gasteiger charge is -2.27. The molecule has 0 fully saturated rings. The number of halogens is 2. The van der Waals surface area contributed by atoms with E-state index < -0.39 is 21.7 Å². The van der Waals surface area contributed by atoms with E-state index in [-0.39, 0.29) is 18.0 Å². The molecular weight excluding hydrogens is 372 g/mol. The zero-order valence-corrected chi connectivity index (χ0v) is 15.0. The predicted octanol–water partition coefficient (Wildman–Crippen LogP) is 3.17. The summed E-state index contributed by atoms with van der Waals surface area (Å²) in [6.45, 7) is 0.297. The molecule has 0 spiro atoms. The van der Waals surface area contributed by atoms with Gasteiger partial charge in [0.1, 0.15) is 0 Å². The largest absolute Gasteiger partial charge is 0.243 e. The number of nitrogens with zero attached hydrogens (tertiary/aromatic N) is 3. The summed E-state index contributed by atoms with van der Waals surface area (Å²) < 4.78 is 53.3. The quantitative estimate of drug-likeness (QED) is 0.693. The van der Waals surface area contributed by atoms with Gasteiger partial charge in [0.05, 0.1) is 10.6 Å². The summed E-state index contributed by atoms with van der Waals surface area (Å²) >= 11 is 0. The van der Waals surface area contributed by atoms with Crippen molar-refractivity contribution in [3.63, 3.8) is 0 Å². The molecule has 3 aromatic rings.